The maximum atomic E-state index is 13.5. The number of allylic oxidation sites excluding steroid dienone is 4. The fourth-order valence-electron chi connectivity index (χ4n) is 9.46. The van der Waals surface area contributed by atoms with Gasteiger partial charge < -0.3 is 44.5 Å². The number of aliphatic hydroxyl groups excluding tert-OH is 4. The van der Waals surface area contributed by atoms with E-state index in [4.69, 9.17) is 18.9 Å². The number of hydrogen-bond acceptors (Lipinski definition) is 12. The van der Waals surface area contributed by atoms with Gasteiger partial charge in [0, 0.05) is 16.7 Å². The van der Waals surface area contributed by atoms with Gasteiger partial charge in [0.2, 0.25) is 0 Å². The predicted molar refractivity (Wildman–Crippen MR) is 163 cm³/mol. The molecule has 0 aromatic heterocycles. The number of rotatable bonds is 7. The molecular formula is C35H44O12. The first-order valence-corrected chi connectivity index (χ1v) is 16.3. The van der Waals surface area contributed by atoms with Gasteiger partial charge in [0.25, 0.3) is 0 Å². The molecule has 256 valence electrons. The molecule has 6 rings (SSSR count). The maximum Gasteiger partial charge on any atom is 0.338 e. The summed E-state index contributed by atoms with van der Waals surface area (Å²) in [5.41, 5.74) is -2.36. The van der Waals surface area contributed by atoms with Crippen molar-refractivity contribution in [1.82, 2.24) is 0 Å². The van der Waals surface area contributed by atoms with Gasteiger partial charge in [-0.05, 0) is 68.2 Å². The molecule has 1 aliphatic heterocycles. The highest BCUT2D eigenvalue weighted by Crippen LogP contribution is 2.67. The van der Waals surface area contributed by atoms with Crippen LogP contribution in [0.2, 0.25) is 0 Å². The van der Waals surface area contributed by atoms with Crippen LogP contribution in [-0.4, -0.2) is 105 Å². The summed E-state index contributed by atoms with van der Waals surface area (Å²) < 4.78 is 22.7. The van der Waals surface area contributed by atoms with Gasteiger partial charge >= 0.3 is 11.9 Å². The van der Waals surface area contributed by atoms with Gasteiger partial charge in [0.05, 0.1) is 25.4 Å². The Bertz CT molecular complexity index is 1440. The van der Waals surface area contributed by atoms with Gasteiger partial charge in [-0.3, -0.25) is 4.79 Å². The summed E-state index contributed by atoms with van der Waals surface area (Å²) in [7, 11) is 1.14. The molecule has 1 saturated heterocycles. The lowest BCUT2D eigenvalue weighted by atomic mass is 9.46. The number of benzene rings is 1. The van der Waals surface area contributed by atoms with Crippen LogP contribution in [0.1, 0.15) is 56.3 Å². The summed E-state index contributed by atoms with van der Waals surface area (Å²) in [4.78, 5) is 38.8. The average molecular weight is 657 g/mol. The standard InChI is InChI=1S/C35H44O12/c1-33-13-11-20(37)15-19(33)9-10-21-22-12-14-35(43,34(22,2)16-23(38)25(21)33)29(31(42)44-3)47-32-28(27(40)26(39)24(17-36)45-32)46-30(41)18-7-5-4-6-8-18/h4-8,11,13,15,21-29,32,36,38-40,43H,9-10,12,14,16-17H2,1-3H3/t21-,22-,23-,24+,25+,26+,27-,28+,29-,32-,33-,34-,35-/m0/s1. The second kappa shape index (κ2) is 12.5. The van der Waals surface area contributed by atoms with E-state index < -0.39 is 77.9 Å². The third kappa shape index (κ3) is 5.38. The Kier molecular flexibility index (Phi) is 9.01. The number of ketones is 1. The van der Waals surface area contributed by atoms with Crippen LogP contribution < -0.4 is 0 Å². The van der Waals surface area contributed by atoms with E-state index in [1.165, 1.54) is 12.1 Å². The molecule has 4 aliphatic carbocycles. The zero-order valence-electron chi connectivity index (χ0n) is 26.7. The molecule has 0 unspecified atom stereocenters. The third-order valence-electron chi connectivity index (χ3n) is 11.9. The van der Waals surface area contributed by atoms with E-state index >= 15 is 0 Å². The van der Waals surface area contributed by atoms with Crippen LogP contribution in [0.5, 0.6) is 0 Å². The largest absolute Gasteiger partial charge is 0.467 e. The number of ether oxygens (including phenoxy) is 4. The normalized spacial score (nSPS) is 43.2. The quantitative estimate of drug-likeness (QED) is 0.264. The van der Waals surface area contributed by atoms with E-state index in [0.29, 0.717) is 19.3 Å². The number of carbonyl (C=O) groups excluding carboxylic acids is 3. The van der Waals surface area contributed by atoms with Gasteiger partial charge in [0.15, 0.2) is 24.3 Å². The van der Waals surface area contributed by atoms with Crippen LogP contribution in [0.4, 0.5) is 0 Å². The van der Waals surface area contributed by atoms with Crippen LogP contribution in [0.25, 0.3) is 0 Å². The molecule has 0 radical (unpaired) electrons. The van der Waals surface area contributed by atoms with Crippen molar-refractivity contribution in [3.8, 4) is 0 Å². The molecule has 5 N–H and O–H groups in total. The summed E-state index contributed by atoms with van der Waals surface area (Å²) in [6.07, 6.45) is -3.60. The summed E-state index contributed by atoms with van der Waals surface area (Å²) in [6, 6.07) is 7.92. The number of fused-ring (bicyclic) bond motifs is 5. The molecule has 4 fully saturated rings. The number of esters is 2. The van der Waals surface area contributed by atoms with Gasteiger partial charge in [-0.1, -0.05) is 43.7 Å². The molecule has 47 heavy (non-hydrogen) atoms. The van der Waals surface area contributed by atoms with Crippen LogP contribution in [-0.2, 0) is 28.5 Å². The molecule has 0 amide bonds. The molecule has 1 aromatic carbocycles. The van der Waals surface area contributed by atoms with Crippen molar-refractivity contribution in [1.29, 1.82) is 0 Å². The molecule has 12 heteroatoms. The average Bonchev–Trinajstić information content (AvgIpc) is 3.32. The highest BCUT2D eigenvalue weighted by Gasteiger charge is 2.70. The Morgan fingerprint density at radius 1 is 1.09 bits per heavy atom. The van der Waals surface area contributed by atoms with E-state index in [-0.39, 0.29) is 41.9 Å². The van der Waals surface area contributed by atoms with Crippen LogP contribution in [0, 0.1) is 28.6 Å². The number of hydrogen-bond donors (Lipinski definition) is 5. The topological polar surface area (TPSA) is 189 Å². The van der Waals surface area contributed by atoms with E-state index in [9.17, 15) is 39.9 Å². The van der Waals surface area contributed by atoms with E-state index in [0.717, 1.165) is 12.7 Å². The second-order valence-corrected chi connectivity index (χ2v) is 14.2. The molecule has 5 aliphatic rings. The third-order valence-corrected chi connectivity index (χ3v) is 11.9. The number of aliphatic hydroxyl groups is 5. The zero-order chi connectivity index (χ0) is 33.9. The summed E-state index contributed by atoms with van der Waals surface area (Å²) in [5.74, 6) is -2.27. The smallest absolute Gasteiger partial charge is 0.338 e. The highest BCUT2D eigenvalue weighted by atomic mass is 16.7. The van der Waals surface area contributed by atoms with Crippen molar-refractivity contribution >= 4 is 17.7 Å². The first kappa shape index (κ1) is 33.9. The van der Waals surface area contributed by atoms with E-state index in [1.54, 1.807) is 30.4 Å². The van der Waals surface area contributed by atoms with Crippen molar-refractivity contribution in [2.24, 2.45) is 28.6 Å². The molecule has 0 bridgehead atoms. The van der Waals surface area contributed by atoms with Gasteiger partial charge in [-0.15, -0.1) is 0 Å². The monoisotopic (exact) mass is 656 g/mol. The highest BCUT2D eigenvalue weighted by molar-refractivity contribution is 6.01. The molecule has 13 atom stereocenters. The molecule has 3 saturated carbocycles. The lowest BCUT2D eigenvalue weighted by molar-refractivity contribution is -0.327. The Morgan fingerprint density at radius 2 is 1.81 bits per heavy atom. The van der Waals surface area contributed by atoms with Gasteiger partial charge in [-0.25, -0.2) is 9.59 Å². The Hall–Kier alpha value is -2.97. The Labute approximate surface area is 273 Å². The number of carbonyl (C=O) groups is 3. The van der Waals surface area contributed by atoms with Crippen molar-refractivity contribution in [2.45, 2.75) is 94.5 Å². The predicted octanol–water partition coefficient (Wildman–Crippen LogP) is 1.22. The molecule has 1 aromatic rings. The van der Waals surface area contributed by atoms with Crippen LogP contribution in [0.3, 0.4) is 0 Å². The molecule has 0 spiro atoms. The van der Waals surface area contributed by atoms with Crippen molar-refractivity contribution in [3.05, 3.63) is 59.7 Å². The zero-order valence-corrected chi connectivity index (χ0v) is 26.7. The van der Waals surface area contributed by atoms with Crippen molar-refractivity contribution < 1.29 is 58.9 Å². The van der Waals surface area contributed by atoms with Crippen LogP contribution in [0.15, 0.2) is 54.1 Å². The summed E-state index contributed by atoms with van der Waals surface area (Å²) in [5, 5.41) is 56.0. The Morgan fingerprint density at radius 3 is 2.49 bits per heavy atom. The van der Waals surface area contributed by atoms with Gasteiger partial charge in [-0.2, -0.15) is 0 Å². The van der Waals surface area contributed by atoms with Crippen LogP contribution >= 0.6 is 0 Å². The molecule has 12 nitrogen and oxygen atoms in total. The second-order valence-electron chi connectivity index (χ2n) is 14.2. The fraction of sp³-hybridized carbons (Fsp3) is 0.629. The lowest BCUT2D eigenvalue weighted by Gasteiger charge is -2.60. The lowest BCUT2D eigenvalue weighted by Crippen LogP contribution is -2.66. The minimum atomic E-state index is -1.90. The minimum Gasteiger partial charge on any atom is -0.467 e. The molecular weight excluding hydrogens is 612 g/mol. The van der Waals surface area contributed by atoms with Crippen molar-refractivity contribution in [2.75, 3.05) is 13.7 Å². The fourth-order valence-corrected chi connectivity index (χ4v) is 9.46. The number of methoxy groups -OCH3 is 1. The summed E-state index contributed by atoms with van der Waals surface area (Å²) in [6.45, 7) is 3.15. The van der Waals surface area contributed by atoms with Crippen molar-refractivity contribution in [3.63, 3.8) is 0 Å². The minimum absolute atomic E-state index is 0.0441. The first-order valence-electron chi connectivity index (χ1n) is 16.3. The van der Waals surface area contributed by atoms with E-state index in [1.807, 2.05) is 19.9 Å². The first-order chi connectivity index (χ1) is 22.3. The maximum absolute atomic E-state index is 13.5. The van der Waals surface area contributed by atoms with Gasteiger partial charge in [0.1, 0.15) is 23.9 Å². The van der Waals surface area contributed by atoms with E-state index in [2.05, 4.69) is 0 Å². The summed E-state index contributed by atoms with van der Waals surface area (Å²) >= 11 is 0. The Balaban J connectivity index is 1.32. The SMILES string of the molecule is COC(=O)[C@H](O[C@@H]1O[C@H](CO)[C@@H](O)[C@H](O)[C@H]1OC(=O)c1ccccc1)[C@@]1(O)CC[C@H]2[C@@H]3CCC4=CC(=O)C=C[C@]4(C)[C@H]3[C@@H](O)C[C@@]21C. The molecule has 1 heterocycles.